The Morgan fingerprint density at radius 3 is 3.18 bits per heavy atom. The molecular weight excluding hydrogens is 284 g/mol. The van der Waals surface area contributed by atoms with Crippen LogP contribution in [0.5, 0.6) is 0 Å². The van der Waals surface area contributed by atoms with Gasteiger partial charge < -0.3 is 18.9 Å². The van der Waals surface area contributed by atoms with Crippen molar-refractivity contribution in [2.75, 3.05) is 26.4 Å². The Labute approximate surface area is 130 Å². The van der Waals surface area contributed by atoms with E-state index in [0.717, 1.165) is 12.8 Å². The van der Waals surface area contributed by atoms with Crippen molar-refractivity contribution in [2.45, 2.75) is 31.9 Å². The molecule has 1 saturated heterocycles. The fourth-order valence-electron chi connectivity index (χ4n) is 3.45. The standard InChI is InChI=1S/C16H22N2O4/c1-3-7-20-9-12-4-5-14-15(12)21-8-6-18(14)16(19)13-10-22-17-11(13)2/h3,10,12,14-15H,1,4-9H2,2H3/t12-,14-,15-/m0/s1. The third-order valence-electron chi connectivity index (χ3n) is 4.53. The van der Waals surface area contributed by atoms with Gasteiger partial charge in [0.2, 0.25) is 0 Å². The summed E-state index contributed by atoms with van der Waals surface area (Å²) in [5, 5.41) is 3.80. The predicted molar refractivity (Wildman–Crippen MR) is 79.5 cm³/mol. The molecule has 120 valence electrons. The van der Waals surface area contributed by atoms with Crippen LogP contribution in [0.3, 0.4) is 0 Å². The van der Waals surface area contributed by atoms with Crippen LogP contribution in [0.2, 0.25) is 0 Å². The number of morpholine rings is 1. The van der Waals surface area contributed by atoms with Crippen molar-refractivity contribution < 1.29 is 18.8 Å². The van der Waals surface area contributed by atoms with Gasteiger partial charge in [0, 0.05) is 12.5 Å². The van der Waals surface area contributed by atoms with Gasteiger partial charge >= 0.3 is 0 Å². The van der Waals surface area contributed by atoms with Crippen molar-refractivity contribution in [3.05, 3.63) is 30.2 Å². The summed E-state index contributed by atoms with van der Waals surface area (Å²) < 4.78 is 16.4. The SMILES string of the molecule is C=CCOC[C@@H]1CC[C@H]2[C@H]1OCCN2C(=O)c1conc1C. The summed E-state index contributed by atoms with van der Waals surface area (Å²) in [5.41, 5.74) is 1.18. The zero-order valence-corrected chi connectivity index (χ0v) is 12.9. The number of carbonyl (C=O) groups is 1. The monoisotopic (exact) mass is 306 g/mol. The first-order valence-electron chi connectivity index (χ1n) is 7.74. The quantitative estimate of drug-likeness (QED) is 0.613. The van der Waals surface area contributed by atoms with Crippen LogP contribution >= 0.6 is 0 Å². The summed E-state index contributed by atoms with van der Waals surface area (Å²) in [4.78, 5) is 14.6. The number of hydrogen-bond donors (Lipinski definition) is 0. The molecule has 2 fully saturated rings. The lowest BCUT2D eigenvalue weighted by atomic mass is 10.0. The number of aryl methyl sites for hydroxylation is 1. The number of fused-ring (bicyclic) bond motifs is 1. The molecule has 1 saturated carbocycles. The number of rotatable bonds is 5. The van der Waals surface area contributed by atoms with Crippen molar-refractivity contribution >= 4 is 5.91 Å². The first-order chi connectivity index (χ1) is 10.7. The van der Waals surface area contributed by atoms with E-state index >= 15 is 0 Å². The highest BCUT2D eigenvalue weighted by molar-refractivity contribution is 5.95. The molecule has 1 aliphatic carbocycles. The molecule has 1 aromatic rings. The molecule has 0 bridgehead atoms. The maximum atomic E-state index is 12.7. The van der Waals surface area contributed by atoms with E-state index in [1.807, 2.05) is 4.90 Å². The van der Waals surface area contributed by atoms with Gasteiger partial charge in [-0.2, -0.15) is 0 Å². The minimum atomic E-state index is -0.00953. The zero-order valence-electron chi connectivity index (χ0n) is 12.9. The molecule has 6 nitrogen and oxygen atoms in total. The van der Waals surface area contributed by atoms with Crippen LogP contribution in [0.15, 0.2) is 23.4 Å². The molecule has 2 aliphatic rings. The Morgan fingerprint density at radius 1 is 1.59 bits per heavy atom. The summed E-state index contributed by atoms with van der Waals surface area (Å²) in [6.07, 6.45) is 5.20. The maximum Gasteiger partial charge on any atom is 0.259 e. The van der Waals surface area contributed by atoms with E-state index in [0.29, 0.717) is 43.5 Å². The van der Waals surface area contributed by atoms with E-state index in [1.165, 1.54) is 6.26 Å². The Morgan fingerprint density at radius 2 is 2.45 bits per heavy atom. The predicted octanol–water partition coefficient (Wildman–Crippen LogP) is 1.81. The second-order valence-electron chi connectivity index (χ2n) is 5.88. The van der Waals surface area contributed by atoms with Crippen LogP contribution < -0.4 is 0 Å². The number of ether oxygens (including phenoxy) is 2. The van der Waals surface area contributed by atoms with Crippen LogP contribution in [0.1, 0.15) is 28.9 Å². The number of nitrogens with zero attached hydrogens (tertiary/aromatic N) is 2. The number of amides is 1. The maximum absolute atomic E-state index is 12.7. The van der Waals surface area contributed by atoms with Gasteiger partial charge in [-0.15, -0.1) is 6.58 Å². The second-order valence-corrected chi connectivity index (χ2v) is 5.88. The van der Waals surface area contributed by atoms with Crippen molar-refractivity contribution in [1.29, 1.82) is 0 Å². The molecule has 22 heavy (non-hydrogen) atoms. The van der Waals surface area contributed by atoms with Gasteiger partial charge in [-0.05, 0) is 19.8 Å². The summed E-state index contributed by atoms with van der Waals surface area (Å²) in [5.74, 6) is 0.328. The average molecular weight is 306 g/mol. The van der Waals surface area contributed by atoms with Gasteiger partial charge in [0.05, 0.1) is 37.7 Å². The third kappa shape index (κ3) is 2.80. The van der Waals surface area contributed by atoms with Gasteiger partial charge in [0.1, 0.15) is 11.8 Å². The minimum Gasteiger partial charge on any atom is -0.377 e. The lowest BCUT2D eigenvalue weighted by Gasteiger charge is -2.39. The van der Waals surface area contributed by atoms with Crippen molar-refractivity contribution in [2.24, 2.45) is 5.92 Å². The third-order valence-corrected chi connectivity index (χ3v) is 4.53. The summed E-state index contributed by atoms with van der Waals surface area (Å²) >= 11 is 0. The fourth-order valence-corrected chi connectivity index (χ4v) is 3.45. The number of hydrogen-bond acceptors (Lipinski definition) is 5. The molecule has 0 N–H and O–H groups in total. The summed E-state index contributed by atoms with van der Waals surface area (Å²) in [7, 11) is 0. The van der Waals surface area contributed by atoms with Gasteiger partial charge in [0.25, 0.3) is 5.91 Å². The van der Waals surface area contributed by atoms with Gasteiger partial charge in [0.15, 0.2) is 0 Å². The lowest BCUT2D eigenvalue weighted by molar-refractivity contribution is -0.0738. The first kappa shape index (κ1) is 15.2. The van der Waals surface area contributed by atoms with Gasteiger partial charge in [-0.1, -0.05) is 11.2 Å². The van der Waals surface area contributed by atoms with Crippen LogP contribution in [0, 0.1) is 12.8 Å². The van der Waals surface area contributed by atoms with Crippen molar-refractivity contribution in [3.63, 3.8) is 0 Å². The topological polar surface area (TPSA) is 64.8 Å². The number of aromatic nitrogens is 1. The second kappa shape index (κ2) is 6.62. The highest BCUT2D eigenvalue weighted by Crippen LogP contribution is 2.35. The van der Waals surface area contributed by atoms with Crippen LogP contribution in [-0.4, -0.2) is 54.5 Å². The summed E-state index contributed by atoms with van der Waals surface area (Å²) in [6, 6.07) is 0.118. The molecule has 1 aliphatic heterocycles. The van der Waals surface area contributed by atoms with Crippen LogP contribution in [-0.2, 0) is 9.47 Å². The Bertz CT molecular complexity index is 542. The fraction of sp³-hybridized carbons (Fsp3) is 0.625. The molecular formula is C16H22N2O4. The highest BCUT2D eigenvalue weighted by Gasteiger charge is 2.44. The van der Waals surface area contributed by atoms with Gasteiger partial charge in [-0.25, -0.2) is 0 Å². The Kier molecular flexibility index (Phi) is 4.59. The molecule has 0 spiro atoms. The van der Waals surface area contributed by atoms with E-state index in [4.69, 9.17) is 14.0 Å². The summed E-state index contributed by atoms with van der Waals surface area (Å²) in [6.45, 7) is 7.83. The number of carbonyl (C=O) groups excluding carboxylic acids is 1. The average Bonchev–Trinajstić information content (AvgIpc) is 3.13. The molecule has 3 atom stereocenters. The largest absolute Gasteiger partial charge is 0.377 e. The van der Waals surface area contributed by atoms with Gasteiger partial charge in [-0.3, -0.25) is 4.79 Å². The molecule has 6 heteroatoms. The highest BCUT2D eigenvalue weighted by atomic mass is 16.5. The molecule has 2 heterocycles. The van der Waals surface area contributed by atoms with E-state index in [2.05, 4.69) is 11.7 Å². The molecule has 1 amide bonds. The van der Waals surface area contributed by atoms with Crippen LogP contribution in [0.25, 0.3) is 0 Å². The van der Waals surface area contributed by atoms with Crippen molar-refractivity contribution in [3.8, 4) is 0 Å². The molecule has 0 radical (unpaired) electrons. The molecule has 1 aromatic heterocycles. The minimum absolute atomic E-state index is 0.00953. The van der Waals surface area contributed by atoms with Crippen molar-refractivity contribution in [1.82, 2.24) is 10.1 Å². The molecule has 0 aromatic carbocycles. The molecule has 0 unspecified atom stereocenters. The van der Waals surface area contributed by atoms with E-state index in [1.54, 1.807) is 13.0 Å². The Hall–Kier alpha value is -1.66. The smallest absolute Gasteiger partial charge is 0.259 e. The van der Waals surface area contributed by atoms with Crippen LogP contribution in [0.4, 0.5) is 0 Å². The van der Waals surface area contributed by atoms with E-state index in [-0.39, 0.29) is 18.1 Å². The zero-order chi connectivity index (χ0) is 15.5. The first-order valence-corrected chi connectivity index (χ1v) is 7.74. The van der Waals surface area contributed by atoms with E-state index < -0.39 is 0 Å². The normalized spacial score (nSPS) is 27.7. The molecule has 3 rings (SSSR count). The Balaban J connectivity index is 1.69. The van der Waals surface area contributed by atoms with E-state index in [9.17, 15) is 4.79 Å². The lowest BCUT2D eigenvalue weighted by Crippen LogP contribution is -2.53.